The van der Waals surface area contributed by atoms with Gasteiger partial charge >= 0.3 is 42.2 Å². The number of ether oxygens (including phenoxy) is 4. The van der Waals surface area contributed by atoms with E-state index in [1.54, 1.807) is 20.8 Å². The number of carbonyl (C=O) groups excluding carboxylic acids is 6. The molecular weight excluding hydrogens is 1970 g/mol. The molecule has 5 atom stereocenters. The number of nitrogens with one attached hydrogen (secondary N) is 5. The summed E-state index contributed by atoms with van der Waals surface area (Å²) in [6.07, 6.45) is 5.99. The second-order valence-corrected chi connectivity index (χ2v) is 28.9. The van der Waals surface area contributed by atoms with Crippen LogP contribution in [0.25, 0.3) is 49.8 Å². The van der Waals surface area contributed by atoms with E-state index >= 15 is 0 Å². The summed E-state index contributed by atoms with van der Waals surface area (Å²) in [6, 6.07) is 68.5. The number of nitrogen functional groups attached to an aromatic ring is 1. The van der Waals surface area contributed by atoms with E-state index in [1.165, 1.54) is 12.5 Å². The van der Waals surface area contributed by atoms with Crippen molar-refractivity contribution in [1.29, 1.82) is 0 Å². The van der Waals surface area contributed by atoms with Crippen LogP contribution in [0.2, 0.25) is 0 Å². The van der Waals surface area contributed by atoms with Crippen molar-refractivity contribution in [3.8, 4) is 17.1 Å². The molecule has 0 aliphatic heterocycles. The molecule has 0 aliphatic carbocycles. The monoisotopic (exact) mass is 2110 g/mol. The molecule has 42 heteroatoms. The van der Waals surface area contributed by atoms with Crippen LogP contribution in [0.3, 0.4) is 0 Å². The summed E-state index contributed by atoms with van der Waals surface area (Å²) in [5.41, 5.74) is 41.4. The van der Waals surface area contributed by atoms with E-state index in [1.807, 2.05) is 248 Å². The Labute approximate surface area is 854 Å². The van der Waals surface area contributed by atoms with Gasteiger partial charge in [-0.3, -0.25) is 28.8 Å². The maximum absolute atomic E-state index is 12.7. The van der Waals surface area contributed by atoms with Crippen LogP contribution < -0.4 is 55.3 Å². The molecule has 0 bridgehead atoms. The minimum absolute atomic E-state index is 0. The summed E-state index contributed by atoms with van der Waals surface area (Å²) < 4.78 is 25.2. The van der Waals surface area contributed by atoms with E-state index in [4.69, 9.17) is 63.3 Å². The molecule has 0 saturated heterocycles. The average Bonchev–Trinajstić information content (AvgIpc) is 1.67. The third kappa shape index (κ3) is 51.3. The van der Waals surface area contributed by atoms with Crippen LogP contribution in [0, 0.1) is 38.5 Å². The fourth-order valence-corrected chi connectivity index (χ4v) is 11.3. The van der Waals surface area contributed by atoms with Crippen molar-refractivity contribution in [3.63, 3.8) is 0 Å². The number of alkyl carbamates (subject to hydrolysis) is 3. The molecule has 3 aromatic heterocycles. The van der Waals surface area contributed by atoms with E-state index in [0.717, 1.165) is 90.4 Å². The van der Waals surface area contributed by atoms with E-state index in [9.17, 15) is 43.2 Å². The zero-order valence-electron chi connectivity index (χ0n) is 77.2. The van der Waals surface area contributed by atoms with Crippen LogP contribution in [0.4, 0.5) is 31.4 Å². The van der Waals surface area contributed by atoms with Crippen molar-refractivity contribution in [2.24, 2.45) is 40.7 Å². The number of carbonyl (C=O) groups is 9. The molecule has 3 heterocycles. The van der Waals surface area contributed by atoms with E-state index in [2.05, 4.69) is 77.8 Å². The number of rotatable bonds is 30. The Hall–Kier alpha value is -11.8. The summed E-state index contributed by atoms with van der Waals surface area (Å²) >= 11 is 0. The van der Waals surface area contributed by atoms with Crippen LogP contribution in [-0.4, -0.2) is 173 Å². The summed E-state index contributed by atoms with van der Waals surface area (Å²) in [6.45, 7) is 17.1. The van der Waals surface area contributed by atoms with Gasteiger partial charge in [-0.1, -0.05) is 156 Å². The maximum Gasteiger partial charge on any atom is 0.407 e. The van der Waals surface area contributed by atoms with Gasteiger partial charge in [0.2, 0.25) is 11.8 Å². The Bertz CT molecular complexity index is 5380. The van der Waals surface area contributed by atoms with Gasteiger partial charge in [-0.15, -0.1) is 12.4 Å². The molecule has 12 aromatic rings. The smallest absolute Gasteiger partial charge is 0.407 e. The number of aliphatic hydroxyl groups is 1. The Morgan fingerprint density at radius 3 is 0.993 bits per heavy atom. The zero-order valence-corrected chi connectivity index (χ0v) is 84.6. The van der Waals surface area contributed by atoms with Gasteiger partial charge in [-0.25, -0.2) is 28.4 Å². The van der Waals surface area contributed by atoms with Crippen LogP contribution in [0.15, 0.2) is 237 Å². The third-order valence-electron chi connectivity index (χ3n) is 18.4. The Kier molecular flexibility index (Phi) is 74.8. The molecule has 12 rings (SSSR count). The molecule has 9 aromatic carbocycles. The first-order valence-corrected chi connectivity index (χ1v) is 41.0. The van der Waals surface area contributed by atoms with Crippen molar-refractivity contribution in [2.45, 2.75) is 127 Å². The third-order valence-corrected chi connectivity index (χ3v) is 18.4. The summed E-state index contributed by atoms with van der Waals surface area (Å²) in [7, 11) is 1.00. The number of anilines is 3. The molecule has 0 radical (unpaired) electrons. The number of aryl methyl sites for hydroxylation is 3. The maximum atomic E-state index is 12.7. The van der Waals surface area contributed by atoms with Gasteiger partial charge in [0.05, 0.1) is 76.7 Å². The first kappa shape index (κ1) is 136. The van der Waals surface area contributed by atoms with Gasteiger partial charge in [0.25, 0.3) is 0 Å². The molecule has 0 saturated carbocycles. The number of hydrogen-bond acceptors (Lipinski definition) is 22. The molecule has 758 valence electrons. The van der Waals surface area contributed by atoms with Gasteiger partial charge in [-0.2, -0.15) is 82.8 Å². The zero-order chi connectivity index (χ0) is 93.2. The molecule has 0 aliphatic rings. The quantitative estimate of drug-likeness (QED) is 0.00860. The van der Waals surface area contributed by atoms with Crippen molar-refractivity contribution < 1.29 is 114 Å². The van der Waals surface area contributed by atoms with Crippen LogP contribution >= 0.6 is 79.9 Å². The molecule has 137 heavy (non-hydrogen) atoms. The molecule has 35 nitrogen and oxygen atoms in total. The second kappa shape index (κ2) is 75.4. The van der Waals surface area contributed by atoms with Crippen LogP contribution in [0.1, 0.15) is 108 Å². The normalized spacial score (nSPS) is 10.6. The van der Waals surface area contributed by atoms with Crippen LogP contribution in [-0.2, 0) is 88.0 Å². The molecule has 0 spiro atoms. The van der Waals surface area contributed by atoms with Crippen molar-refractivity contribution in [3.05, 3.63) is 270 Å². The van der Waals surface area contributed by atoms with Crippen LogP contribution in [0.5, 0.6) is 0 Å². The number of benzene rings is 9. The average molecular weight is 2110 g/mol. The molecule has 0 fully saturated rings. The fraction of sp³-hybridized carbons (Fsp3) is 0.305. The summed E-state index contributed by atoms with van der Waals surface area (Å²) in [5, 5.41) is 62.4. The number of carboxylic acid groups (broad SMARTS) is 3. The number of amides is 5. The SMILES string of the molecule is C.CCOC(C)=O.CO.C[C@@H](CCNC(=O)OCc1ccccc1)C(=O)O.C[C@@H](CCNC(=O)OCc1ccccc1)C(=O)O.Cc1cccc(-n2ncc3ccc(N)cc32)c1.Cc1cccc(-n2ncc3ccc(NC(=O)[C@@H](C)CCNC(=O)OCc4ccccc4)cc32)c1.Cc1cccc(-n2ncc3ccc(NC(=O)[C@@H](N)CCN)cc32)c1.Cl.NCC[C@H](N)C(=O)O.O.O.S.S.S.S.S.[Pd]. The number of aliphatic carboxylic acids is 3. The topological polar surface area (TPSA) is 578 Å². The number of esters is 1. The number of aromatic nitrogens is 6. The van der Waals surface area contributed by atoms with E-state index in [0.29, 0.717) is 82.8 Å². The fourth-order valence-electron chi connectivity index (χ4n) is 11.3. The molecule has 0 unspecified atom stereocenters. The van der Waals surface area contributed by atoms with Crippen molar-refractivity contribution in [2.75, 3.05) is 62.8 Å². The molecular formula is C95H137ClN16O19PdS5. The Balaban J connectivity index is -0.000000377. The molecule has 23 N–H and O–H groups in total. The Morgan fingerprint density at radius 2 is 0.708 bits per heavy atom. The van der Waals surface area contributed by atoms with Crippen molar-refractivity contribution >= 4 is 184 Å². The minimum atomic E-state index is -0.990. The number of nitrogens with zero attached hydrogens (tertiary/aromatic N) is 6. The predicted octanol–water partition coefficient (Wildman–Crippen LogP) is 13.0. The first-order valence-electron chi connectivity index (χ1n) is 41.0. The second-order valence-electron chi connectivity index (χ2n) is 28.9. The minimum Gasteiger partial charge on any atom is -0.481 e. The predicted molar refractivity (Wildman–Crippen MR) is 564 cm³/mol. The summed E-state index contributed by atoms with van der Waals surface area (Å²) in [4.78, 5) is 100. The van der Waals surface area contributed by atoms with Crippen molar-refractivity contribution in [1.82, 2.24) is 45.3 Å². The standard InChI is InChI=1S/C27H28N4O3.C18H21N5O.C14H13N3.2C13H17NO4.C4H10N2O2.C4H8O2.CH4O.CH4.ClH.2H2O.Pd.5H2S/c1-19-7-6-10-24(15-19)31-25-16-23(12-11-22(25)17-29-31)30-26(32)20(2)13-14-28-27(33)34-18-21-8-4-3-5-9-21;1-12-3-2-4-15(9-12)23-17-10-14(6-5-13(17)11-21-23)22-18(24)16(20)7-8-19;1-10-3-2-4-13(7-10)17-14-8-12(15)6-5-11(14)9-16-17;2*1-10(12(15)16)7-8-14-13(17)18-9-11-5-3-2-4-6-11;5-2-1-3(6)4(7)8;1-3-6-4(2)5;1-2;;;;;;;;;;/h3-12,15-17,20H,13-14,18H2,1-2H3,(H,28,33)(H,30,32);2-6,9-11,16H,7-8,19-20H2,1H3,(H,22,24);2-9H,15H2,1H3;2*2-6,10H,7-9H2,1H3,(H,14,17)(H,15,16);3H,1-2,5-6H2,(H,7,8);3H2,1-2H3;2H,1H3;1H4;1H;2*1H2;;5*1H2/t20-;16-;;2*10-;3-;;;;;;;;;;;;/m00.000............/s1. The van der Waals surface area contributed by atoms with E-state index in [-0.39, 0.29) is 162 Å². The number of carboxylic acids is 3. The number of nitrogens with two attached hydrogens (primary N) is 5. The van der Waals surface area contributed by atoms with Gasteiger partial charge in [-0.05, 0) is 197 Å². The van der Waals surface area contributed by atoms with Gasteiger partial charge in [0.1, 0.15) is 25.9 Å². The summed E-state index contributed by atoms with van der Waals surface area (Å²) in [5.74, 6) is -4.51. The van der Waals surface area contributed by atoms with Gasteiger partial charge < -0.3 is 106 Å². The first-order chi connectivity index (χ1) is 60.9. The largest absolute Gasteiger partial charge is 0.481 e. The van der Waals surface area contributed by atoms with Gasteiger partial charge in [0.15, 0.2) is 0 Å². The Morgan fingerprint density at radius 1 is 0.401 bits per heavy atom. The number of halogens is 1. The number of fused-ring (bicyclic) bond motifs is 3. The molecule has 5 amide bonds. The number of aliphatic hydroxyl groups excluding tert-OH is 1. The van der Waals surface area contributed by atoms with Gasteiger partial charge in [0, 0.05) is 93.2 Å². The number of hydrogen-bond donors (Lipinski definition) is 14. The van der Waals surface area contributed by atoms with E-state index < -0.39 is 60.1 Å².